The predicted molar refractivity (Wildman–Crippen MR) is 76.8 cm³/mol. The Labute approximate surface area is 122 Å². The van der Waals surface area contributed by atoms with Crippen molar-refractivity contribution in [3.05, 3.63) is 38.9 Å². The highest BCUT2D eigenvalue weighted by molar-refractivity contribution is 6.30. The summed E-state index contributed by atoms with van der Waals surface area (Å²) in [7, 11) is 0. The lowest BCUT2D eigenvalue weighted by molar-refractivity contribution is -0.385. The largest absolute Gasteiger partial charge is 0.300 e. The highest BCUT2D eigenvalue weighted by Crippen LogP contribution is 2.26. The monoisotopic (exact) mass is 296 g/mol. The molecule has 1 aliphatic heterocycles. The molecule has 1 saturated heterocycles. The minimum absolute atomic E-state index is 0.100. The van der Waals surface area contributed by atoms with Crippen LogP contribution in [0.3, 0.4) is 0 Å². The molecule has 0 radical (unpaired) electrons. The summed E-state index contributed by atoms with van der Waals surface area (Å²) < 4.78 is 0. The molecule has 0 aromatic heterocycles. The molecule has 5 nitrogen and oxygen atoms in total. The summed E-state index contributed by atoms with van der Waals surface area (Å²) in [5, 5.41) is 11.5. The van der Waals surface area contributed by atoms with E-state index in [1.54, 1.807) is 13.0 Å². The quantitative estimate of drug-likeness (QED) is 0.633. The van der Waals surface area contributed by atoms with Gasteiger partial charge in [-0.15, -0.1) is 0 Å². The van der Waals surface area contributed by atoms with Crippen molar-refractivity contribution in [2.75, 3.05) is 13.1 Å². The van der Waals surface area contributed by atoms with Gasteiger partial charge in [-0.1, -0.05) is 11.6 Å². The molecule has 0 unspecified atom stereocenters. The highest BCUT2D eigenvalue weighted by atomic mass is 35.5. The molecular formula is C14H17ClN2O3. The van der Waals surface area contributed by atoms with Gasteiger partial charge in [0.25, 0.3) is 5.69 Å². The van der Waals surface area contributed by atoms with Crippen LogP contribution in [-0.2, 0) is 11.3 Å². The molecule has 1 aliphatic rings. The predicted octanol–water partition coefficient (Wildman–Crippen LogP) is 3.05. The molecule has 1 aromatic rings. The normalized spacial score (nSPS) is 17.1. The number of likely N-dealkylation sites (tertiary alicyclic amines) is 1. The van der Waals surface area contributed by atoms with Crippen molar-refractivity contribution >= 4 is 23.1 Å². The van der Waals surface area contributed by atoms with Gasteiger partial charge >= 0.3 is 0 Å². The van der Waals surface area contributed by atoms with Gasteiger partial charge in [-0.25, -0.2) is 0 Å². The summed E-state index contributed by atoms with van der Waals surface area (Å²) in [5.74, 6) is 0.374. The maximum Gasteiger partial charge on any atom is 0.273 e. The Bertz CT molecular complexity index is 525. The number of carbonyl (C=O) groups is 1. The van der Waals surface area contributed by atoms with Crippen molar-refractivity contribution in [2.24, 2.45) is 5.92 Å². The van der Waals surface area contributed by atoms with E-state index < -0.39 is 0 Å². The topological polar surface area (TPSA) is 63.5 Å². The summed E-state index contributed by atoms with van der Waals surface area (Å²) in [6, 6.07) is 4.63. The Balaban J connectivity index is 2.06. The SMILES string of the molecule is CC(=O)C1CCN(Cc2cc(Cl)ccc2[N+](=O)[O-])CC1. The maximum atomic E-state index is 11.3. The van der Waals surface area contributed by atoms with Gasteiger partial charge in [0.05, 0.1) is 4.92 Å². The van der Waals surface area contributed by atoms with E-state index in [4.69, 9.17) is 11.6 Å². The average Bonchev–Trinajstić information content (AvgIpc) is 2.39. The first-order valence-electron chi connectivity index (χ1n) is 6.63. The van der Waals surface area contributed by atoms with Crippen LogP contribution in [0, 0.1) is 16.0 Å². The molecule has 0 aliphatic carbocycles. The number of rotatable bonds is 4. The number of hydrogen-bond donors (Lipinski definition) is 0. The van der Waals surface area contributed by atoms with Crippen molar-refractivity contribution in [1.29, 1.82) is 0 Å². The first kappa shape index (κ1) is 14.9. The molecule has 0 N–H and O–H groups in total. The fourth-order valence-electron chi connectivity index (χ4n) is 2.60. The van der Waals surface area contributed by atoms with Crippen LogP contribution in [0.4, 0.5) is 5.69 Å². The van der Waals surface area contributed by atoms with Crippen molar-refractivity contribution in [1.82, 2.24) is 4.90 Å². The van der Waals surface area contributed by atoms with Gasteiger partial charge in [0.15, 0.2) is 0 Å². The van der Waals surface area contributed by atoms with E-state index in [-0.39, 0.29) is 22.3 Å². The zero-order valence-electron chi connectivity index (χ0n) is 11.3. The highest BCUT2D eigenvalue weighted by Gasteiger charge is 2.24. The van der Waals surface area contributed by atoms with Gasteiger partial charge in [-0.2, -0.15) is 0 Å². The average molecular weight is 297 g/mol. The van der Waals surface area contributed by atoms with Crippen LogP contribution in [0.2, 0.25) is 5.02 Å². The Morgan fingerprint density at radius 1 is 1.45 bits per heavy atom. The van der Waals surface area contributed by atoms with Gasteiger partial charge in [0.2, 0.25) is 0 Å². The number of nitro groups is 1. The Hall–Kier alpha value is -1.46. The molecule has 1 heterocycles. The molecule has 0 bridgehead atoms. The minimum Gasteiger partial charge on any atom is -0.300 e. The number of nitrogens with zero attached hydrogens (tertiary/aromatic N) is 2. The van der Waals surface area contributed by atoms with Crippen molar-refractivity contribution in [3.8, 4) is 0 Å². The van der Waals surface area contributed by atoms with Gasteiger partial charge in [-0.3, -0.25) is 19.8 Å². The second-order valence-electron chi connectivity index (χ2n) is 5.19. The number of nitro benzene ring substituents is 1. The molecular weight excluding hydrogens is 280 g/mol. The van der Waals surface area contributed by atoms with E-state index in [0.29, 0.717) is 17.1 Å². The lowest BCUT2D eigenvalue weighted by Crippen LogP contribution is -2.35. The molecule has 6 heteroatoms. The first-order chi connectivity index (χ1) is 9.47. The summed E-state index contributed by atoms with van der Waals surface area (Å²) in [6.07, 6.45) is 1.65. The molecule has 1 aromatic carbocycles. The van der Waals surface area contributed by atoms with E-state index in [1.807, 2.05) is 0 Å². The van der Waals surface area contributed by atoms with Gasteiger partial charge in [0, 0.05) is 29.1 Å². The third-order valence-electron chi connectivity index (χ3n) is 3.79. The number of piperidine rings is 1. The van der Waals surface area contributed by atoms with Gasteiger partial charge in [0.1, 0.15) is 5.78 Å². The second-order valence-corrected chi connectivity index (χ2v) is 5.63. The number of ketones is 1. The van der Waals surface area contributed by atoms with Crippen molar-refractivity contribution in [3.63, 3.8) is 0 Å². The third-order valence-corrected chi connectivity index (χ3v) is 4.03. The lowest BCUT2D eigenvalue weighted by Gasteiger charge is -2.30. The van der Waals surface area contributed by atoms with E-state index in [2.05, 4.69) is 4.90 Å². The van der Waals surface area contributed by atoms with Gasteiger partial charge < -0.3 is 0 Å². The van der Waals surface area contributed by atoms with Crippen LogP contribution in [0.5, 0.6) is 0 Å². The van der Waals surface area contributed by atoms with Crippen molar-refractivity contribution < 1.29 is 9.72 Å². The van der Waals surface area contributed by atoms with Gasteiger partial charge in [-0.05, 0) is 45.0 Å². The fourth-order valence-corrected chi connectivity index (χ4v) is 2.79. The van der Waals surface area contributed by atoms with Crippen LogP contribution < -0.4 is 0 Å². The number of benzene rings is 1. The summed E-state index contributed by atoms with van der Waals surface area (Å²) in [4.78, 5) is 24.1. The molecule has 0 saturated carbocycles. The zero-order valence-corrected chi connectivity index (χ0v) is 12.1. The maximum absolute atomic E-state index is 11.3. The van der Waals surface area contributed by atoms with Crippen LogP contribution in [0.1, 0.15) is 25.3 Å². The Morgan fingerprint density at radius 2 is 2.10 bits per heavy atom. The lowest BCUT2D eigenvalue weighted by atomic mass is 9.93. The van der Waals surface area contributed by atoms with Crippen LogP contribution in [0.15, 0.2) is 18.2 Å². The van der Waals surface area contributed by atoms with Crippen LogP contribution in [-0.4, -0.2) is 28.7 Å². The van der Waals surface area contributed by atoms with E-state index in [0.717, 1.165) is 25.9 Å². The molecule has 0 amide bonds. The molecule has 0 spiro atoms. The molecule has 2 rings (SSSR count). The molecule has 1 fully saturated rings. The number of hydrogen-bond acceptors (Lipinski definition) is 4. The van der Waals surface area contributed by atoms with Crippen LogP contribution in [0.25, 0.3) is 0 Å². The zero-order chi connectivity index (χ0) is 14.7. The standard InChI is InChI=1S/C14H17ClN2O3/c1-10(18)11-4-6-16(7-5-11)9-12-8-13(15)2-3-14(12)17(19)20/h2-3,8,11H,4-7,9H2,1H3. The number of carbonyl (C=O) groups excluding carboxylic acids is 1. The van der Waals surface area contributed by atoms with Crippen molar-refractivity contribution in [2.45, 2.75) is 26.3 Å². The summed E-state index contributed by atoms with van der Waals surface area (Å²) >= 11 is 5.92. The molecule has 0 atom stereocenters. The first-order valence-corrected chi connectivity index (χ1v) is 7.01. The Kier molecular flexibility index (Phi) is 4.73. The van der Waals surface area contributed by atoms with Crippen LogP contribution >= 0.6 is 11.6 Å². The van der Waals surface area contributed by atoms with E-state index in [9.17, 15) is 14.9 Å². The molecule has 108 valence electrons. The number of Topliss-reactive ketones (excluding diaryl/α,β-unsaturated/α-hetero) is 1. The molecule has 20 heavy (non-hydrogen) atoms. The fraction of sp³-hybridized carbons (Fsp3) is 0.500. The third kappa shape index (κ3) is 3.55. The Morgan fingerprint density at radius 3 is 2.65 bits per heavy atom. The minimum atomic E-state index is -0.381. The second kappa shape index (κ2) is 6.33. The smallest absolute Gasteiger partial charge is 0.273 e. The summed E-state index contributed by atoms with van der Waals surface area (Å²) in [6.45, 7) is 3.70. The van der Waals surface area contributed by atoms with E-state index >= 15 is 0 Å². The van der Waals surface area contributed by atoms with E-state index in [1.165, 1.54) is 12.1 Å². The summed E-state index contributed by atoms with van der Waals surface area (Å²) in [5.41, 5.74) is 0.729. The number of halogens is 1.